The van der Waals surface area contributed by atoms with E-state index in [1.165, 1.54) is 32.9 Å². The first kappa shape index (κ1) is 14.8. The molecule has 2 aromatic carbocycles. The van der Waals surface area contributed by atoms with Gasteiger partial charge in [-0.1, -0.05) is 24.3 Å². The van der Waals surface area contributed by atoms with Crippen LogP contribution in [-0.2, 0) is 7.05 Å². The largest absolute Gasteiger partial charge is 0.344 e. The number of hydrogen-bond donors (Lipinski definition) is 0. The predicted octanol–water partition coefficient (Wildman–Crippen LogP) is 5.46. The molecule has 0 bridgehead atoms. The van der Waals surface area contributed by atoms with Gasteiger partial charge in [-0.15, -0.1) is 0 Å². The first-order valence-electron chi connectivity index (χ1n) is 8.64. The lowest BCUT2D eigenvalue weighted by molar-refractivity contribution is 1.01. The zero-order chi connectivity index (χ0) is 17.5. The molecule has 26 heavy (non-hydrogen) atoms. The van der Waals surface area contributed by atoms with E-state index in [-0.39, 0.29) is 0 Å². The Morgan fingerprint density at radius 1 is 0.615 bits per heavy atom. The van der Waals surface area contributed by atoms with Crippen molar-refractivity contribution >= 4 is 21.8 Å². The van der Waals surface area contributed by atoms with Gasteiger partial charge in [0.2, 0.25) is 0 Å². The van der Waals surface area contributed by atoms with Gasteiger partial charge in [-0.3, -0.25) is 9.97 Å². The highest BCUT2D eigenvalue weighted by Crippen LogP contribution is 2.34. The summed E-state index contributed by atoms with van der Waals surface area (Å²) in [5.41, 5.74) is 7.10. The van der Waals surface area contributed by atoms with Crippen LogP contribution in [0.1, 0.15) is 0 Å². The van der Waals surface area contributed by atoms with Gasteiger partial charge in [0, 0.05) is 64.8 Å². The molecule has 0 aliphatic rings. The number of rotatable bonds is 2. The molecule has 5 rings (SSSR count). The summed E-state index contributed by atoms with van der Waals surface area (Å²) in [7, 11) is 2.12. The lowest BCUT2D eigenvalue weighted by Crippen LogP contribution is -1.86. The Morgan fingerprint density at radius 3 is 1.54 bits per heavy atom. The standard InChI is InChI=1S/C23H17N3/c1-26-22-8-6-16(18-4-2-10-24-14-18)12-20(22)21-13-17(7-9-23(21)26)19-5-3-11-25-15-19/h2-15H,1H3. The second-order valence-corrected chi connectivity index (χ2v) is 6.51. The van der Waals surface area contributed by atoms with Crippen molar-refractivity contribution in [3.05, 3.63) is 85.5 Å². The minimum absolute atomic E-state index is 1.13. The molecular formula is C23H17N3. The van der Waals surface area contributed by atoms with Crippen LogP contribution >= 0.6 is 0 Å². The van der Waals surface area contributed by atoms with Crippen molar-refractivity contribution < 1.29 is 0 Å². The number of benzene rings is 2. The molecule has 0 amide bonds. The molecule has 3 heteroatoms. The second-order valence-electron chi connectivity index (χ2n) is 6.51. The van der Waals surface area contributed by atoms with Crippen LogP contribution in [-0.4, -0.2) is 14.5 Å². The van der Waals surface area contributed by atoms with E-state index in [0.717, 1.165) is 11.1 Å². The number of aryl methyl sites for hydroxylation is 1. The predicted molar refractivity (Wildman–Crippen MR) is 107 cm³/mol. The van der Waals surface area contributed by atoms with E-state index < -0.39 is 0 Å². The highest BCUT2D eigenvalue weighted by molar-refractivity contribution is 6.10. The van der Waals surface area contributed by atoms with Crippen LogP contribution in [0.25, 0.3) is 44.1 Å². The maximum absolute atomic E-state index is 4.25. The molecular weight excluding hydrogens is 318 g/mol. The van der Waals surface area contributed by atoms with Gasteiger partial charge in [-0.2, -0.15) is 0 Å². The van der Waals surface area contributed by atoms with Crippen LogP contribution in [0.15, 0.2) is 85.5 Å². The Labute approximate surface area is 151 Å². The van der Waals surface area contributed by atoms with Crippen LogP contribution in [0, 0.1) is 0 Å². The average molecular weight is 335 g/mol. The SMILES string of the molecule is Cn1c2ccc(-c3cccnc3)cc2c2cc(-c3cccnc3)ccc21. The molecule has 0 unspecified atom stereocenters. The number of nitrogens with zero attached hydrogens (tertiary/aromatic N) is 3. The van der Waals surface area contributed by atoms with Gasteiger partial charge in [0.25, 0.3) is 0 Å². The van der Waals surface area contributed by atoms with E-state index in [0.29, 0.717) is 0 Å². The summed E-state index contributed by atoms with van der Waals surface area (Å²) < 4.78 is 2.25. The molecule has 3 heterocycles. The Morgan fingerprint density at radius 2 is 1.12 bits per heavy atom. The van der Waals surface area contributed by atoms with Gasteiger partial charge in [-0.25, -0.2) is 0 Å². The Hall–Kier alpha value is -3.46. The van der Waals surface area contributed by atoms with Gasteiger partial charge < -0.3 is 4.57 Å². The topological polar surface area (TPSA) is 30.7 Å². The highest BCUT2D eigenvalue weighted by Gasteiger charge is 2.11. The molecule has 0 aliphatic carbocycles. The van der Waals surface area contributed by atoms with Crippen molar-refractivity contribution in [2.24, 2.45) is 7.05 Å². The molecule has 3 aromatic heterocycles. The fourth-order valence-electron chi connectivity index (χ4n) is 3.64. The van der Waals surface area contributed by atoms with Gasteiger partial charge in [0.15, 0.2) is 0 Å². The summed E-state index contributed by atoms with van der Waals surface area (Å²) in [6.45, 7) is 0. The van der Waals surface area contributed by atoms with Crippen LogP contribution in [0.2, 0.25) is 0 Å². The van der Waals surface area contributed by atoms with Crippen molar-refractivity contribution in [3.63, 3.8) is 0 Å². The highest BCUT2D eigenvalue weighted by atomic mass is 14.9. The summed E-state index contributed by atoms with van der Waals surface area (Å²) in [5.74, 6) is 0. The number of aromatic nitrogens is 3. The molecule has 0 saturated carbocycles. The molecule has 0 fully saturated rings. The third kappa shape index (κ3) is 2.29. The van der Waals surface area contributed by atoms with Crippen LogP contribution in [0.3, 0.4) is 0 Å². The summed E-state index contributed by atoms with van der Waals surface area (Å²) in [4.78, 5) is 8.50. The Kier molecular flexibility index (Phi) is 3.32. The molecule has 0 aliphatic heterocycles. The first-order valence-corrected chi connectivity index (χ1v) is 8.64. The quantitative estimate of drug-likeness (QED) is 0.429. The lowest BCUT2D eigenvalue weighted by Gasteiger charge is -2.03. The molecule has 0 N–H and O–H groups in total. The summed E-state index contributed by atoms with van der Waals surface area (Å²) >= 11 is 0. The van der Waals surface area contributed by atoms with Crippen LogP contribution in [0.4, 0.5) is 0 Å². The zero-order valence-electron chi connectivity index (χ0n) is 14.4. The number of pyridine rings is 2. The van der Waals surface area contributed by atoms with Crippen molar-refractivity contribution in [2.45, 2.75) is 0 Å². The fourth-order valence-corrected chi connectivity index (χ4v) is 3.64. The zero-order valence-corrected chi connectivity index (χ0v) is 14.4. The molecule has 0 radical (unpaired) electrons. The van der Waals surface area contributed by atoms with Crippen LogP contribution < -0.4 is 0 Å². The lowest BCUT2D eigenvalue weighted by atomic mass is 10.0. The van der Waals surface area contributed by atoms with E-state index >= 15 is 0 Å². The Bertz CT molecular complexity index is 1130. The summed E-state index contributed by atoms with van der Waals surface area (Å²) in [5, 5.41) is 2.52. The molecule has 3 nitrogen and oxygen atoms in total. The van der Waals surface area contributed by atoms with E-state index in [1.54, 1.807) is 12.4 Å². The minimum atomic E-state index is 1.13. The van der Waals surface area contributed by atoms with Crippen molar-refractivity contribution in [1.82, 2.24) is 14.5 Å². The maximum atomic E-state index is 4.25. The monoisotopic (exact) mass is 335 g/mol. The van der Waals surface area contributed by atoms with E-state index in [4.69, 9.17) is 0 Å². The number of fused-ring (bicyclic) bond motifs is 3. The summed E-state index contributed by atoms with van der Waals surface area (Å²) in [6.07, 6.45) is 7.43. The molecule has 0 saturated heterocycles. The maximum Gasteiger partial charge on any atom is 0.0489 e. The average Bonchev–Trinajstić information content (AvgIpc) is 3.01. The third-order valence-corrected chi connectivity index (χ3v) is 5.00. The normalized spacial score (nSPS) is 11.3. The van der Waals surface area contributed by atoms with E-state index in [9.17, 15) is 0 Å². The summed E-state index contributed by atoms with van der Waals surface area (Å²) in [6, 6.07) is 21.4. The molecule has 0 atom stereocenters. The first-order chi connectivity index (χ1) is 12.8. The second kappa shape index (κ2) is 5.81. The minimum Gasteiger partial charge on any atom is -0.344 e. The van der Waals surface area contributed by atoms with Crippen molar-refractivity contribution in [1.29, 1.82) is 0 Å². The fraction of sp³-hybridized carbons (Fsp3) is 0.0435. The third-order valence-electron chi connectivity index (χ3n) is 5.00. The van der Waals surface area contributed by atoms with Gasteiger partial charge in [-0.05, 0) is 47.5 Å². The van der Waals surface area contributed by atoms with Crippen LogP contribution in [0.5, 0.6) is 0 Å². The number of hydrogen-bond acceptors (Lipinski definition) is 2. The van der Waals surface area contributed by atoms with E-state index in [2.05, 4.69) is 70.1 Å². The van der Waals surface area contributed by atoms with Gasteiger partial charge in [0.05, 0.1) is 0 Å². The molecule has 5 aromatic rings. The van der Waals surface area contributed by atoms with Crippen molar-refractivity contribution in [2.75, 3.05) is 0 Å². The molecule has 124 valence electrons. The smallest absolute Gasteiger partial charge is 0.0489 e. The van der Waals surface area contributed by atoms with Crippen molar-refractivity contribution in [3.8, 4) is 22.3 Å². The van der Waals surface area contributed by atoms with Gasteiger partial charge >= 0.3 is 0 Å². The molecule has 0 spiro atoms. The van der Waals surface area contributed by atoms with Gasteiger partial charge in [0.1, 0.15) is 0 Å². The Balaban J connectivity index is 1.78. The van der Waals surface area contributed by atoms with E-state index in [1.807, 2.05) is 24.5 Å².